The molecule has 0 atom stereocenters. The van der Waals surface area contributed by atoms with Gasteiger partial charge < -0.3 is 9.30 Å². The van der Waals surface area contributed by atoms with E-state index in [0.29, 0.717) is 10.2 Å². The molecule has 2 aromatic carbocycles. The van der Waals surface area contributed by atoms with Crippen LogP contribution in [0.15, 0.2) is 52.4 Å². The van der Waals surface area contributed by atoms with Crippen molar-refractivity contribution in [3.8, 4) is 0 Å². The van der Waals surface area contributed by atoms with E-state index in [-0.39, 0.29) is 33.5 Å². The number of nitrogens with zero attached hydrogens (tertiary/aromatic N) is 4. The summed E-state index contributed by atoms with van der Waals surface area (Å²) in [7, 11) is -0.904. The minimum absolute atomic E-state index is 0.00958. The number of aromatic nitrogens is 1. The van der Waals surface area contributed by atoms with E-state index in [0.717, 1.165) is 24.2 Å². The normalized spacial score (nSPS) is 14.5. The first-order valence-electron chi connectivity index (χ1n) is 10.1. The number of carbonyl (C=O) groups excluding carboxylic acids is 2. The molecule has 1 aliphatic carbocycles. The van der Waals surface area contributed by atoms with Gasteiger partial charge in [0.25, 0.3) is 11.6 Å². The van der Waals surface area contributed by atoms with Gasteiger partial charge in [0.15, 0.2) is 4.80 Å². The van der Waals surface area contributed by atoms with Crippen molar-refractivity contribution in [3.63, 3.8) is 0 Å². The molecule has 1 fully saturated rings. The molecule has 0 spiro atoms. The number of carbonyl (C=O) groups is 2. The van der Waals surface area contributed by atoms with Crippen molar-refractivity contribution in [3.05, 3.63) is 62.9 Å². The first kappa shape index (κ1) is 23.7. The summed E-state index contributed by atoms with van der Waals surface area (Å²) in [6.45, 7) is -0.297. The van der Waals surface area contributed by atoms with Gasteiger partial charge in [-0.1, -0.05) is 11.3 Å². The summed E-state index contributed by atoms with van der Waals surface area (Å²) in [6, 6.07) is 9.62. The summed E-state index contributed by atoms with van der Waals surface area (Å²) in [5, 5.41) is 11.2. The molecule has 1 amide bonds. The van der Waals surface area contributed by atoms with E-state index in [9.17, 15) is 28.1 Å². The lowest BCUT2D eigenvalue weighted by Crippen LogP contribution is -2.28. The summed E-state index contributed by atoms with van der Waals surface area (Å²) in [5.41, 5.74) is 0.344. The highest BCUT2D eigenvalue weighted by Crippen LogP contribution is 2.30. The minimum atomic E-state index is -3.65. The molecule has 0 aliphatic heterocycles. The second kappa shape index (κ2) is 9.08. The largest absolute Gasteiger partial charge is 0.468 e. The summed E-state index contributed by atoms with van der Waals surface area (Å²) in [5.74, 6) is -1.27. The zero-order chi connectivity index (χ0) is 24.6. The number of amides is 1. The van der Waals surface area contributed by atoms with Gasteiger partial charge in [-0.15, -0.1) is 0 Å². The van der Waals surface area contributed by atoms with E-state index in [4.69, 9.17) is 4.74 Å². The number of non-ortho nitro benzene ring substituents is 1. The number of nitro benzene ring substituents is 1. The number of sulfonamides is 1. The number of nitro groups is 1. The third kappa shape index (κ3) is 4.62. The molecular weight excluding hydrogens is 484 g/mol. The maximum atomic E-state index is 12.8. The maximum Gasteiger partial charge on any atom is 0.325 e. The standard InChI is InChI=1S/C21H20N4O7S2/c1-23(14-5-6-14)34(30,31)16-8-3-13(4-9-16)20(27)22-21-24(12-19(26)32-2)17-11-15(25(28)29)7-10-18(17)33-21/h3-4,7-11,14H,5-6,12H2,1-2H3. The van der Waals surface area contributed by atoms with Crippen molar-refractivity contribution in [1.29, 1.82) is 0 Å². The average molecular weight is 505 g/mol. The molecule has 1 heterocycles. The maximum absolute atomic E-state index is 12.8. The third-order valence-corrected chi connectivity index (χ3v) is 8.41. The van der Waals surface area contributed by atoms with Gasteiger partial charge in [0.05, 0.1) is 27.1 Å². The summed E-state index contributed by atoms with van der Waals surface area (Å²) in [4.78, 5) is 39.7. The fourth-order valence-corrected chi connectivity index (χ4v) is 5.75. The van der Waals surface area contributed by atoms with Gasteiger partial charge in [-0.3, -0.25) is 19.7 Å². The number of rotatable bonds is 7. The molecule has 0 radical (unpaired) electrons. The van der Waals surface area contributed by atoms with Crippen LogP contribution in [-0.2, 0) is 26.1 Å². The molecule has 3 aromatic rings. The molecule has 0 bridgehead atoms. The molecule has 0 N–H and O–H groups in total. The zero-order valence-electron chi connectivity index (χ0n) is 18.2. The Kier molecular flexibility index (Phi) is 6.34. The fourth-order valence-electron chi connectivity index (χ4n) is 3.32. The first-order chi connectivity index (χ1) is 16.1. The molecule has 11 nitrogen and oxygen atoms in total. The van der Waals surface area contributed by atoms with Gasteiger partial charge in [0.2, 0.25) is 10.0 Å². The lowest BCUT2D eigenvalue weighted by atomic mass is 10.2. The van der Waals surface area contributed by atoms with E-state index in [1.54, 1.807) is 0 Å². The van der Waals surface area contributed by atoms with E-state index in [2.05, 4.69) is 4.99 Å². The number of hydrogen-bond acceptors (Lipinski definition) is 8. The highest BCUT2D eigenvalue weighted by molar-refractivity contribution is 7.89. The van der Waals surface area contributed by atoms with Crippen LogP contribution in [-0.4, -0.2) is 54.3 Å². The Balaban J connectivity index is 1.71. The van der Waals surface area contributed by atoms with Crippen LogP contribution in [0.25, 0.3) is 10.2 Å². The molecule has 0 saturated heterocycles. The smallest absolute Gasteiger partial charge is 0.325 e. The number of thiazole rings is 1. The van der Waals surface area contributed by atoms with Gasteiger partial charge in [0, 0.05) is 30.8 Å². The summed E-state index contributed by atoms with van der Waals surface area (Å²) in [6.07, 6.45) is 1.66. The van der Waals surface area contributed by atoms with Crippen molar-refractivity contribution < 1.29 is 27.7 Å². The van der Waals surface area contributed by atoms with Crippen LogP contribution in [0.4, 0.5) is 5.69 Å². The van der Waals surface area contributed by atoms with Crippen molar-refractivity contribution in [2.75, 3.05) is 14.2 Å². The van der Waals surface area contributed by atoms with Gasteiger partial charge in [-0.25, -0.2) is 8.42 Å². The molecule has 1 aliphatic rings. The summed E-state index contributed by atoms with van der Waals surface area (Å²) < 4.78 is 33.3. The molecule has 1 aromatic heterocycles. The topological polar surface area (TPSA) is 141 Å². The van der Waals surface area contributed by atoms with Crippen LogP contribution in [0.1, 0.15) is 23.2 Å². The van der Waals surface area contributed by atoms with Gasteiger partial charge in [-0.2, -0.15) is 9.30 Å². The highest BCUT2D eigenvalue weighted by atomic mass is 32.2. The number of methoxy groups -OCH3 is 1. The van der Waals surface area contributed by atoms with Crippen LogP contribution in [0, 0.1) is 10.1 Å². The van der Waals surface area contributed by atoms with Crippen LogP contribution < -0.4 is 4.80 Å². The molecule has 1 saturated carbocycles. The molecule has 4 rings (SSSR count). The number of ether oxygens (including phenoxy) is 1. The quantitative estimate of drug-likeness (QED) is 0.273. The SMILES string of the molecule is COC(=O)Cn1c(=NC(=O)c2ccc(S(=O)(=O)N(C)C3CC3)cc2)sc2ccc([N+](=O)[O-])cc21. The lowest BCUT2D eigenvalue weighted by molar-refractivity contribution is -0.384. The average Bonchev–Trinajstić information content (AvgIpc) is 3.62. The summed E-state index contributed by atoms with van der Waals surface area (Å²) >= 11 is 1.08. The van der Waals surface area contributed by atoms with Gasteiger partial charge >= 0.3 is 5.97 Å². The first-order valence-corrected chi connectivity index (χ1v) is 12.4. The van der Waals surface area contributed by atoms with E-state index in [1.807, 2.05) is 0 Å². The second-order valence-electron chi connectivity index (χ2n) is 7.65. The van der Waals surface area contributed by atoms with Crippen molar-refractivity contribution in [2.45, 2.75) is 30.3 Å². The fraction of sp³-hybridized carbons (Fsp3) is 0.286. The lowest BCUT2D eigenvalue weighted by Gasteiger charge is -2.16. The monoisotopic (exact) mass is 504 g/mol. The molecule has 178 valence electrons. The zero-order valence-corrected chi connectivity index (χ0v) is 19.8. The van der Waals surface area contributed by atoms with Crippen LogP contribution >= 0.6 is 11.3 Å². The van der Waals surface area contributed by atoms with Crippen molar-refractivity contribution >= 4 is 49.1 Å². The van der Waals surface area contributed by atoms with E-state index < -0.39 is 26.8 Å². The minimum Gasteiger partial charge on any atom is -0.468 e. The molecule has 13 heteroatoms. The third-order valence-electron chi connectivity index (χ3n) is 5.43. The number of fused-ring (bicyclic) bond motifs is 1. The Morgan fingerprint density at radius 2 is 1.91 bits per heavy atom. The van der Waals surface area contributed by atoms with Crippen LogP contribution in [0.3, 0.4) is 0 Å². The Labute approximate surface area is 198 Å². The Morgan fingerprint density at radius 1 is 1.24 bits per heavy atom. The Morgan fingerprint density at radius 3 is 2.50 bits per heavy atom. The van der Waals surface area contributed by atoms with Crippen molar-refractivity contribution in [1.82, 2.24) is 8.87 Å². The van der Waals surface area contributed by atoms with Crippen molar-refractivity contribution in [2.24, 2.45) is 4.99 Å². The van der Waals surface area contributed by atoms with E-state index >= 15 is 0 Å². The molecular formula is C21H20N4O7S2. The number of esters is 1. The van der Waals surface area contributed by atoms with Crippen LogP contribution in [0.5, 0.6) is 0 Å². The van der Waals surface area contributed by atoms with Crippen LogP contribution in [0.2, 0.25) is 0 Å². The van der Waals surface area contributed by atoms with Gasteiger partial charge in [0.1, 0.15) is 6.54 Å². The van der Waals surface area contributed by atoms with E-state index in [1.165, 1.54) is 65.5 Å². The Bertz CT molecular complexity index is 1470. The predicted molar refractivity (Wildman–Crippen MR) is 123 cm³/mol. The highest BCUT2D eigenvalue weighted by Gasteiger charge is 2.35. The van der Waals surface area contributed by atoms with Gasteiger partial charge in [-0.05, 0) is 43.2 Å². The number of benzene rings is 2. The number of hydrogen-bond donors (Lipinski definition) is 0. The second-order valence-corrected chi connectivity index (χ2v) is 10.7. The molecule has 0 unspecified atom stereocenters. The predicted octanol–water partition coefficient (Wildman–Crippen LogP) is 2.31. The Hall–Kier alpha value is -3.42. The molecule has 34 heavy (non-hydrogen) atoms.